The molecule has 3 heterocycles. The molecular weight excluding hydrogens is 400 g/mol. The Morgan fingerprint density at radius 3 is 2.40 bits per heavy atom. The third-order valence-corrected chi connectivity index (χ3v) is 6.13. The van der Waals surface area contributed by atoms with E-state index in [1.54, 1.807) is 7.11 Å². The zero-order chi connectivity index (χ0) is 20.9. The van der Waals surface area contributed by atoms with Gasteiger partial charge in [-0.05, 0) is 47.8 Å². The van der Waals surface area contributed by atoms with Crippen LogP contribution in [0.3, 0.4) is 0 Å². The van der Waals surface area contributed by atoms with Gasteiger partial charge in [0.25, 0.3) is 5.91 Å². The third kappa shape index (κ3) is 4.57. The molecule has 4 rings (SSSR count). The zero-order valence-electron chi connectivity index (χ0n) is 16.9. The molecule has 0 bridgehead atoms. The summed E-state index contributed by atoms with van der Waals surface area (Å²) >= 11 is 1.45. The van der Waals surface area contributed by atoms with E-state index >= 15 is 0 Å². The summed E-state index contributed by atoms with van der Waals surface area (Å²) in [6, 6.07) is 15.3. The summed E-state index contributed by atoms with van der Waals surface area (Å²) in [6.07, 6.45) is 0.956. The van der Waals surface area contributed by atoms with E-state index in [-0.39, 0.29) is 11.8 Å². The highest BCUT2D eigenvalue weighted by Gasteiger charge is 2.25. The first-order valence-electron chi connectivity index (χ1n) is 9.98. The van der Waals surface area contributed by atoms with E-state index in [4.69, 9.17) is 9.15 Å². The van der Waals surface area contributed by atoms with Crippen LogP contribution in [0, 0.1) is 0 Å². The molecule has 0 atom stereocenters. The average molecular weight is 425 g/mol. The third-order valence-electron chi connectivity index (χ3n) is 5.27. The summed E-state index contributed by atoms with van der Waals surface area (Å²) in [7, 11) is 1.64. The SMILES string of the molecule is COc1ccc(-c2ccc(CCC(=O)N3CCN(C(=O)c4cccs4)CC3)o2)cc1. The summed E-state index contributed by atoms with van der Waals surface area (Å²) in [5, 5.41) is 1.90. The maximum Gasteiger partial charge on any atom is 0.264 e. The summed E-state index contributed by atoms with van der Waals surface area (Å²) in [6.45, 7) is 2.30. The van der Waals surface area contributed by atoms with Gasteiger partial charge in [0.15, 0.2) is 0 Å². The number of carbonyl (C=O) groups is 2. The Bertz CT molecular complexity index is 987. The van der Waals surface area contributed by atoms with E-state index in [0.29, 0.717) is 39.0 Å². The highest BCUT2D eigenvalue weighted by Crippen LogP contribution is 2.25. The monoisotopic (exact) mass is 424 g/mol. The van der Waals surface area contributed by atoms with Crippen LogP contribution >= 0.6 is 11.3 Å². The lowest BCUT2D eigenvalue weighted by atomic mass is 10.1. The van der Waals surface area contributed by atoms with Crippen LogP contribution in [0.1, 0.15) is 21.9 Å². The Balaban J connectivity index is 1.26. The van der Waals surface area contributed by atoms with Gasteiger partial charge in [0, 0.05) is 44.6 Å². The normalized spacial score (nSPS) is 14.0. The number of thiophene rings is 1. The number of hydrogen-bond acceptors (Lipinski definition) is 5. The van der Waals surface area contributed by atoms with Crippen LogP contribution in [0.2, 0.25) is 0 Å². The van der Waals surface area contributed by atoms with Crippen molar-refractivity contribution in [2.24, 2.45) is 0 Å². The van der Waals surface area contributed by atoms with Gasteiger partial charge >= 0.3 is 0 Å². The maximum absolute atomic E-state index is 12.6. The van der Waals surface area contributed by atoms with Gasteiger partial charge in [0.1, 0.15) is 17.3 Å². The fraction of sp³-hybridized carbons (Fsp3) is 0.304. The molecule has 1 aliphatic heterocycles. The van der Waals surface area contributed by atoms with Crippen LogP contribution in [0.5, 0.6) is 5.75 Å². The van der Waals surface area contributed by atoms with Crippen molar-refractivity contribution in [3.63, 3.8) is 0 Å². The molecule has 156 valence electrons. The lowest BCUT2D eigenvalue weighted by Crippen LogP contribution is -2.50. The minimum atomic E-state index is 0.0544. The van der Waals surface area contributed by atoms with Crippen LogP contribution in [-0.2, 0) is 11.2 Å². The predicted octanol–water partition coefficient (Wildman–Crippen LogP) is 3.93. The Labute approximate surface area is 179 Å². The van der Waals surface area contributed by atoms with Crippen LogP contribution in [-0.4, -0.2) is 54.9 Å². The van der Waals surface area contributed by atoms with E-state index in [0.717, 1.165) is 27.7 Å². The molecule has 1 aromatic carbocycles. The van der Waals surface area contributed by atoms with Crippen molar-refractivity contribution in [3.8, 4) is 17.1 Å². The van der Waals surface area contributed by atoms with Gasteiger partial charge < -0.3 is 19.0 Å². The molecule has 1 aliphatic rings. The Kier molecular flexibility index (Phi) is 6.18. The zero-order valence-corrected chi connectivity index (χ0v) is 17.7. The minimum Gasteiger partial charge on any atom is -0.497 e. The predicted molar refractivity (Wildman–Crippen MR) is 116 cm³/mol. The van der Waals surface area contributed by atoms with Gasteiger partial charge in [-0.2, -0.15) is 0 Å². The van der Waals surface area contributed by atoms with Gasteiger partial charge in [0.05, 0.1) is 12.0 Å². The summed E-state index contributed by atoms with van der Waals surface area (Å²) in [4.78, 5) is 29.4. The summed E-state index contributed by atoms with van der Waals surface area (Å²) < 4.78 is 11.1. The quantitative estimate of drug-likeness (QED) is 0.601. The fourth-order valence-corrected chi connectivity index (χ4v) is 4.22. The van der Waals surface area contributed by atoms with Crippen LogP contribution in [0.4, 0.5) is 0 Å². The van der Waals surface area contributed by atoms with E-state index < -0.39 is 0 Å². The molecule has 2 amide bonds. The van der Waals surface area contributed by atoms with Crippen LogP contribution in [0.15, 0.2) is 58.3 Å². The molecule has 0 saturated carbocycles. The van der Waals surface area contributed by atoms with Crippen molar-refractivity contribution >= 4 is 23.2 Å². The maximum atomic E-state index is 12.6. The van der Waals surface area contributed by atoms with Crippen LogP contribution < -0.4 is 4.74 Å². The second kappa shape index (κ2) is 9.17. The van der Waals surface area contributed by atoms with E-state index in [1.165, 1.54) is 11.3 Å². The van der Waals surface area contributed by atoms with E-state index in [9.17, 15) is 9.59 Å². The molecule has 7 heteroatoms. The second-order valence-electron chi connectivity index (χ2n) is 7.14. The fourth-order valence-electron chi connectivity index (χ4n) is 3.53. The smallest absolute Gasteiger partial charge is 0.264 e. The van der Waals surface area contributed by atoms with Crippen molar-refractivity contribution < 1.29 is 18.7 Å². The highest BCUT2D eigenvalue weighted by molar-refractivity contribution is 7.12. The van der Waals surface area contributed by atoms with Crippen molar-refractivity contribution in [3.05, 3.63) is 64.5 Å². The number of rotatable bonds is 6. The van der Waals surface area contributed by atoms with E-state index in [2.05, 4.69) is 0 Å². The number of methoxy groups -OCH3 is 1. The highest BCUT2D eigenvalue weighted by atomic mass is 32.1. The summed E-state index contributed by atoms with van der Waals surface area (Å²) in [5.41, 5.74) is 0.972. The largest absolute Gasteiger partial charge is 0.497 e. The molecule has 6 nitrogen and oxygen atoms in total. The molecule has 0 N–H and O–H groups in total. The molecule has 0 spiro atoms. The van der Waals surface area contributed by atoms with Crippen molar-refractivity contribution in [1.29, 1.82) is 0 Å². The molecule has 3 aromatic rings. The van der Waals surface area contributed by atoms with Gasteiger partial charge in [-0.25, -0.2) is 0 Å². The molecule has 2 aromatic heterocycles. The lowest BCUT2D eigenvalue weighted by molar-refractivity contribution is -0.132. The molecule has 0 aliphatic carbocycles. The Morgan fingerprint density at radius 2 is 1.73 bits per heavy atom. The molecular formula is C23H24N2O4S. The Hall–Kier alpha value is -3.06. The number of carbonyl (C=O) groups excluding carboxylic acids is 2. The first-order chi connectivity index (χ1) is 14.6. The molecule has 30 heavy (non-hydrogen) atoms. The number of amides is 2. The first-order valence-corrected chi connectivity index (χ1v) is 10.9. The number of aryl methyl sites for hydroxylation is 1. The minimum absolute atomic E-state index is 0.0544. The van der Waals surface area contributed by atoms with Gasteiger partial charge in [-0.3, -0.25) is 9.59 Å². The van der Waals surface area contributed by atoms with E-state index in [1.807, 2.05) is 63.7 Å². The van der Waals surface area contributed by atoms with Crippen molar-refractivity contribution in [2.45, 2.75) is 12.8 Å². The number of ether oxygens (including phenoxy) is 1. The Morgan fingerprint density at radius 1 is 1.00 bits per heavy atom. The molecule has 0 radical (unpaired) electrons. The first kappa shape index (κ1) is 20.2. The van der Waals surface area contributed by atoms with Gasteiger partial charge in [-0.1, -0.05) is 6.07 Å². The second-order valence-corrected chi connectivity index (χ2v) is 8.09. The topological polar surface area (TPSA) is 63.0 Å². The molecule has 1 fully saturated rings. The van der Waals surface area contributed by atoms with Crippen molar-refractivity contribution in [1.82, 2.24) is 9.80 Å². The standard InChI is InChI=1S/C23H24N2O4S/c1-28-18-6-4-17(5-7-18)20-10-8-19(29-20)9-11-22(26)24-12-14-25(15-13-24)23(27)21-3-2-16-30-21/h2-8,10,16H,9,11-15H2,1H3. The molecule has 1 saturated heterocycles. The van der Waals surface area contributed by atoms with Crippen molar-refractivity contribution in [2.75, 3.05) is 33.3 Å². The number of benzene rings is 1. The lowest BCUT2D eigenvalue weighted by Gasteiger charge is -2.34. The molecule has 0 unspecified atom stereocenters. The number of furan rings is 1. The summed E-state index contributed by atoms with van der Waals surface area (Å²) in [5.74, 6) is 2.52. The number of piperazine rings is 1. The number of hydrogen-bond donors (Lipinski definition) is 0. The van der Waals surface area contributed by atoms with Gasteiger partial charge in [0.2, 0.25) is 5.91 Å². The van der Waals surface area contributed by atoms with Gasteiger partial charge in [-0.15, -0.1) is 11.3 Å². The number of nitrogens with zero attached hydrogens (tertiary/aromatic N) is 2. The average Bonchev–Trinajstić information content (AvgIpc) is 3.50. The van der Waals surface area contributed by atoms with Crippen LogP contribution in [0.25, 0.3) is 11.3 Å².